The summed E-state index contributed by atoms with van der Waals surface area (Å²) >= 11 is 5.53. The van der Waals surface area contributed by atoms with Gasteiger partial charge < -0.3 is 4.57 Å². The van der Waals surface area contributed by atoms with Crippen molar-refractivity contribution in [2.75, 3.05) is 0 Å². The lowest BCUT2D eigenvalue weighted by molar-refractivity contribution is 0.724. The van der Waals surface area contributed by atoms with Gasteiger partial charge in [-0.1, -0.05) is 0 Å². The van der Waals surface area contributed by atoms with Gasteiger partial charge in [-0.15, -0.1) is 21.8 Å². The Morgan fingerprint density at radius 2 is 2.56 bits per heavy atom. The smallest absolute Gasteiger partial charge is 0.147 e. The van der Waals surface area contributed by atoms with E-state index in [1.165, 1.54) is 0 Å². The zero-order valence-corrected chi connectivity index (χ0v) is 5.97. The molecule has 0 aliphatic carbocycles. The average molecular weight is 146 g/mol. The number of alkyl halides is 1. The van der Waals surface area contributed by atoms with Crippen LogP contribution in [0.2, 0.25) is 0 Å². The molecule has 0 spiro atoms. The Morgan fingerprint density at radius 1 is 1.78 bits per heavy atom. The highest BCUT2D eigenvalue weighted by atomic mass is 35.5. The van der Waals surface area contributed by atoms with Crippen LogP contribution < -0.4 is 0 Å². The third-order valence-corrected chi connectivity index (χ3v) is 1.39. The maximum absolute atomic E-state index is 5.53. The summed E-state index contributed by atoms with van der Waals surface area (Å²) in [6.45, 7) is 2.91. The summed E-state index contributed by atoms with van der Waals surface area (Å²) in [6.07, 6.45) is 1.68. The molecule has 0 saturated heterocycles. The average Bonchev–Trinajstić information content (AvgIpc) is 2.33. The van der Waals surface area contributed by atoms with E-state index in [1.807, 2.05) is 11.5 Å². The van der Waals surface area contributed by atoms with Crippen molar-refractivity contribution < 1.29 is 0 Å². The first-order valence-electron chi connectivity index (χ1n) is 2.81. The molecular weight excluding hydrogens is 138 g/mol. The van der Waals surface area contributed by atoms with Crippen LogP contribution in [0.25, 0.3) is 0 Å². The van der Waals surface area contributed by atoms with Crippen LogP contribution in [0.15, 0.2) is 6.33 Å². The number of nitrogens with zero attached hydrogens (tertiary/aromatic N) is 3. The van der Waals surface area contributed by atoms with E-state index in [0.717, 1.165) is 12.4 Å². The van der Waals surface area contributed by atoms with Crippen molar-refractivity contribution in [2.45, 2.75) is 19.3 Å². The highest BCUT2D eigenvalue weighted by Gasteiger charge is 1.97. The quantitative estimate of drug-likeness (QED) is 0.583. The maximum atomic E-state index is 5.53. The molecule has 0 aliphatic heterocycles. The lowest BCUT2D eigenvalue weighted by atomic mass is 10.6. The van der Waals surface area contributed by atoms with E-state index in [1.54, 1.807) is 6.33 Å². The predicted octanol–water partition coefficient (Wildman–Crippen LogP) is 1.04. The van der Waals surface area contributed by atoms with Crippen LogP contribution in [-0.2, 0) is 12.4 Å². The summed E-state index contributed by atoms with van der Waals surface area (Å²) in [5, 5.41) is 7.48. The van der Waals surface area contributed by atoms with E-state index in [0.29, 0.717) is 5.88 Å². The Bertz CT molecular complexity index is 166. The lowest BCUT2D eigenvalue weighted by Gasteiger charge is -1.95. The van der Waals surface area contributed by atoms with E-state index in [2.05, 4.69) is 10.2 Å². The largest absolute Gasteiger partial charge is 0.317 e. The Labute approximate surface area is 58.7 Å². The molecule has 0 saturated carbocycles. The molecule has 0 atom stereocenters. The topological polar surface area (TPSA) is 30.7 Å². The van der Waals surface area contributed by atoms with Crippen LogP contribution in [0, 0.1) is 0 Å². The monoisotopic (exact) mass is 145 g/mol. The normalized spacial score (nSPS) is 10.0. The summed E-state index contributed by atoms with van der Waals surface area (Å²) in [4.78, 5) is 0. The van der Waals surface area contributed by atoms with Crippen LogP contribution in [0.1, 0.15) is 12.7 Å². The van der Waals surface area contributed by atoms with Gasteiger partial charge in [-0.3, -0.25) is 0 Å². The summed E-state index contributed by atoms with van der Waals surface area (Å²) in [6, 6.07) is 0. The second-order valence-corrected chi connectivity index (χ2v) is 1.93. The Balaban J connectivity index is 2.85. The molecule has 0 unspecified atom stereocenters. The van der Waals surface area contributed by atoms with Crippen LogP contribution in [0.5, 0.6) is 0 Å². The van der Waals surface area contributed by atoms with E-state index >= 15 is 0 Å². The minimum atomic E-state index is 0.438. The number of aryl methyl sites for hydroxylation is 1. The van der Waals surface area contributed by atoms with E-state index < -0.39 is 0 Å². The minimum Gasteiger partial charge on any atom is -0.317 e. The van der Waals surface area contributed by atoms with Gasteiger partial charge in [0.1, 0.15) is 12.2 Å². The number of hydrogen-bond acceptors (Lipinski definition) is 2. The molecule has 0 N–H and O–H groups in total. The van der Waals surface area contributed by atoms with Crippen molar-refractivity contribution in [2.24, 2.45) is 0 Å². The Morgan fingerprint density at radius 3 is 3.00 bits per heavy atom. The van der Waals surface area contributed by atoms with Crippen LogP contribution in [0.3, 0.4) is 0 Å². The van der Waals surface area contributed by atoms with Crippen molar-refractivity contribution in [1.82, 2.24) is 14.8 Å². The van der Waals surface area contributed by atoms with E-state index in [4.69, 9.17) is 11.6 Å². The van der Waals surface area contributed by atoms with Gasteiger partial charge >= 0.3 is 0 Å². The van der Waals surface area contributed by atoms with Gasteiger partial charge in [0.15, 0.2) is 0 Å². The first-order valence-corrected chi connectivity index (χ1v) is 3.34. The molecule has 0 fully saturated rings. The molecule has 1 heterocycles. The number of rotatable bonds is 2. The van der Waals surface area contributed by atoms with Crippen LogP contribution >= 0.6 is 11.6 Å². The number of hydrogen-bond donors (Lipinski definition) is 0. The fourth-order valence-electron chi connectivity index (χ4n) is 0.647. The van der Waals surface area contributed by atoms with E-state index in [-0.39, 0.29) is 0 Å². The zero-order valence-electron chi connectivity index (χ0n) is 5.21. The van der Waals surface area contributed by atoms with Gasteiger partial charge in [-0.2, -0.15) is 0 Å². The highest BCUT2D eigenvalue weighted by molar-refractivity contribution is 6.16. The predicted molar refractivity (Wildman–Crippen MR) is 35.3 cm³/mol. The third kappa shape index (κ3) is 1.21. The van der Waals surface area contributed by atoms with Crippen LogP contribution in [0.4, 0.5) is 0 Å². The molecule has 0 aliphatic rings. The molecule has 0 bridgehead atoms. The van der Waals surface area contributed by atoms with Crippen molar-refractivity contribution in [3.05, 3.63) is 12.2 Å². The van der Waals surface area contributed by atoms with Crippen molar-refractivity contribution in [1.29, 1.82) is 0 Å². The number of aromatic nitrogens is 3. The molecule has 1 aromatic heterocycles. The fraction of sp³-hybridized carbons (Fsp3) is 0.600. The van der Waals surface area contributed by atoms with Crippen molar-refractivity contribution >= 4 is 11.6 Å². The summed E-state index contributed by atoms with van der Waals surface area (Å²) in [5.41, 5.74) is 0. The maximum Gasteiger partial charge on any atom is 0.147 e. The molecule has 1 rings (SSSR count). The van der Waals surface area contributed by atoms with Crippen LogP contribution in [-0.4, -0.2) is 14.8 Å². The zero-order chi connectivity index (χ0) is 6.69. The first kappa shape index (κ1) is 6.55. The second-order valence-electron chi connectivity index (χ2n) is 1.67. The Hall–Kier alpha value is -0.570. The molecule has 4 heteroatoms. The summed E-state index contributed by atoms with van der Waals surface area (Å²) in [7, 11) is 0. The second kappa shape index (κ2) is 2.82. The molecule has 3 nitrogen and oxygen atoms in total. The minimum absolute atomic E-state index is 0.438. The van der Waals surface area contributed by atoms with E-state index in [9.17, 15) is 0 Å². The van der Waals surface area contributed by atoms with Crippen molar-refractivity contribution in [3.8, 4) is 0 Å². The standard InChI is InChI=1S/C5H8ClN3/c1-2-9-4-7-8-5(9)3-6/h4H,2-3H2,1H3. The van der Waals surface area contributed by atoms with Gasteiger partial charge in [0.05, 0.1) is 5.88 Å². The molecule has 50 valence electrons. The van der Waals surface area contributed by atoms with Gasteiger partial charge in [0, 0.05) is 6.54 Å². The summed E-state index contributed by atoms with van der Waals surface area (Å²) in [5.74, 6) is 1.27. The van der Waals surface area contributed by atoms with Gasteiger partial charge in [-0.05, 0) is 6.92 Å². The van der Waals surface area contributed by atoms with Gasteiger partial charge in [0.25, 0.3) is 0 Å². The van der Waals surface area contributed by atoms with Crippen molar-refractivity contribution in [3.63, 3.8) is 0 Å². The first-order chi connectivity index (χ1) is 4.38. The van der Waals surface area contributed by atoms with Gasteiger partial charge in [0.2, 0.25) is 0 Å². The fourth-order valence-corrected chi connectivity index (χ4v) is 0.854. The summed E-state index contributed by atoms with van der Waals surface area (Å²) < 4.78 is 1.91. The third-order valence-electron chi connectivity index (χ3n) is 1.16. The SMILES string of the molecule is CCn1cnnc1CCl. The molecule has 9 heavy (non-hydrogen) atoms. The number of halogens is 1. The molecule has 0 radical (unpaired) electrons. The molecule has 0 aromatic carbocycles. The molecule has 0 amide bonds. The Kier molecular flexibility index (Phi) is 2.05. The van der Waals surface area contributed by atoms with Gasteiger partial charge in [-0.25, -0.2) is 0 Å². The molecule has 1 aromatic rings. The highest BCUT2D eigenvalue weighted by Crippen LogP contribution is 1.97. The lowest BCUT2D eigenvalue weighted by Crippen LogP contribution is -1.97. The molecular formula is C5H8ClN3.